The Morgan fingerprint density at radius 3 is 2.47 bits per heavy atom. The summed E-state index contributed by atoms with van der Waals surface area (Å²) in [6.45, 7) is 1.09. The maximum Gasteiger partial charge on any atom is 0.245 e. The van der Waals surface area contributed by atoms with Gasteiger partial charge in [0.2, 0.25) is 10.0 Å². The first kappa shape index (κ1) is 12.9. The van der Waals surface area contributed by atoms with Crippen LogP contribution in [0.3, 0.4) is 0 Å². The summed E-state index contributed by atoms with van der Waals surface area (Å²) in [5, 5.41) is 0. The first-order chi connectivity index (χ1) is 8.98. The highest BCUT2D eigenvalue weighted by atomic mass is 32.2. The lowest BCUT2D eigenvalue weighted by atomic mass is 10.0. The normalized spacial score (nSPS) is 27.6. The number of anilines is 1. The highest BCUT2D eigenvalue weighted by Crippen LogP contribution is 2.40. The first-order valence-corrected chi connectivity index (χ1v) is 7.97. The maximum absolute atomic E-state index is 13.3. The SMILES string of the molecule is Nc1ccc(F)cc1S(=O)(=O)N1CC2CCCC2C1. The van der Waals surface area contributed by atoms with E-state index in [1.54, 1.807) is 0 Å². The molecule has 4 nitrogen and oxygen atoms in total. The van der Waals surface area contributed by atoms with E-state index in [0.717, 1.165) is 18.9 Å². The second-order valence-corrected chi connectivity index (χ2v) is 7.36. The summed E-state index contributed by atoms with van der Waals surface area (Å²) in [6.07, 6.45) is 3.37. The summed E-state index contributed by atoms with van der Waals surface area (Å²) in [5.74, 6) is 0.348. The van der Waals surface area contributed by atoms with Crippen molar-refractivity contribution in [2.45, 2.75) is 24.2 Å². The van der Waals surface area contributed by atoms with Crippen molar-refractivity contribution < 1.29 is 12.8 Å². The Hall–Kier alpha value is -1.14. The number of rotatable bonds is 2. The van der Waals surface area contributed by atoms with E-state index >= 15 is 0 Å². The van der Waals surface area contributed by atoms with Crippen molar-refractivity contribution in [3.63, 3.8) is 0 Å². The highest BCUT2D eigenvalue weighted by Gasteiger charge is 2.41. The van der Waals surface area contributed by atoms with E-state index in [4.69, 9.17) is 5.73 Å². The fourth-order valence-corrected chi connectivity index (χ4v) is 4.94. The minimum absolute atomic E-state index is 0.104. The minimum atomic E-state index is -3.67. The van der Waals surface area contributed by atoms with Gasteiger partial charge in [0.15, 0.2) is 0 Å². The van der Waals surface area contributed by atoms with Crippen LogP contribution in [0.5, 0.6) is 0 Å². The van der Waals surface area contributed by atoms with Crippen LogP contribution >= 0.6 is 0 Å². The molecule has 1 saturated carbocycles. The van der Waals surface area contributed by atoms with Gasteiger partial charge < -0.3 is 5.73 Å². The quantitative estimate of drug-likeness (QED) is 0.843. The molecular formula is C13H17FN2O2S. The molecule has 2 N–H and O–H groups in total. The molecule has 1 saturated heterocycles. The zero-order valence-corrected chi connectivity index (χ0v) is 11.4. The summed E-state index contributed by atoms with van der Waals surface area (Å²) in [6, 6.07) is 3.49. The molecule has 1 heterocycles. The second kappa shape index (κ2) is 4.45. The van der Waals surface area contributed by atoms with Gasteiger partial charge in [0.05, 0.1) is 5.69 Å². The molecule has 2 fully saturated rings. The Bertz CT molecular complexity index is 591. The Kier molecular flexibility index (Phi) is 3.02. The van der Waals surface area contributed by atoms with Gasteiger partial charge in [0.25, 0.3) is 0 Å². The molecule has 104 valence electrons. The first-order valence-electron chi connectivity index (χ1n) is 6.53. The Balaban J connectivity index is 1.93. The van der Waals surface area contributed by atoms with Crippen molar-refractivity contribution in [3.05, 3.63) is 24.0 Å². The van der Waals surface area contributed by atoms with E-state index in [-0.39, 0.29) is 10.6 Å². The molecule has 0 aromatic heterocycles. The van der Waals surface area contributed by atoms with Crippen LogP contribution in [-0.2, 0) is 10.0 Å². The van der Waals surface area contributed by atoms with Crippen molar-refractivity contribution in [1.82, 2.24) is 4.31 Å². The number of benzene rings is 1. The van der Waals surface area contributed by atoms with Crippen LogP contribution in [0.25, 0.3) is 0 Å². The van der Waals surface area contributed by atoms with Gasteiger partial charge in [0, 0.05) is 13.1 Å². The van der Waals surface area contributed by atoms with Gasteiger partial charge in [-0.25, -0.2) is 12.8 Å². The maximum atomic E-state index is 13.3. The van der Waals surface area contributed by atoms with E-state index in [1.807, 2.05) is 0 Å². The third kappa shape index (κ3) is 2.12. The predicted octanol–water partition coefficient (Wildman–Crippen LogP) is 1.83. The van der Waals surface area contributed by atoms with E-state index in [0.29, 0.717) is 24.9 Å². The number of nitrogens with two attached hydrogens (primary N) is 1. The number of sulfonamides is 1. The fourth-order valence-electron chi connectivity index (χ4n) is 3.26. The lowest BCUT2D eigenvalue weighted by molar-refractivity contribution is 0.445. The van der Waals surface area contributed by atoms with E-state index < -0.39 is 15.8 Å². The van der Waals surface area contributed by atoms with Crippen LogP contribution in [0, 0.1) is 17.7 Å². The average Bonchev–Trinajstić information content (AvgIpc) is 2.92. The van der Waals surface area contributed by atoms with E-state index in [1.165, 1.54) is 22.9 Å². The van der Waals surface area contributed by atoms with Crippen LogP contribution in [0.2, 0.25) is 0 Å². The molecule has 2 aliphatic rings. The number of nitrogen functional groups attached to an aromatic ring is 1. The van der Waals surface area contributed by atoms with Gasteiger partial charge in [-0.15, -0.1) is 0 Å². The zero-order chi connectivity index (χ0) is 13.6. The van der Waals surface area contributed by atoms with Crippen molar-refractivity contribution in [1.29, 1.82) is 0 Å². The molecule has 0 amide bonds. The second-order valence-electron chi connectivity index (χ2n) is 5.46. The molecule has 1 aromatic rings. The Morgan fingerprint density at radius 1 is 1.21 bits per heavy atom. The number of halogens is 1. The smallest absolute Gasteiger partial charge is 0.245 e. The largest absolute Gasteiger partial charge is 0.398 e. The van der Waals surface area contributed by atoms with Crippen molar-refractivity contribution >= 4 is 15.7 Å². The van der Waals surface area contributed by atoms with E-state index in [2.05, 4.69) is 0 Å². The summed E-state index contributed by atoms with van der Waals surface area (Å²) in [7, 11) is -3.67. The standard InChI is InChI=1S/C13H17FN2O2S/c14-11-4-5-12(15)13(6-11)19(17,18)16-7-9-2-1-3-10(9)8-16/h4-6,9-10H,1-3,7-8,15H2. The van der Waals surface area contributed by atoms with Crippen LogP contribution < -0.4 is 5.73 Å². The van der Waals surface area contributed by atoms with Crippen LogP contribution in [0.1, 0.15) is 19.3 Å². The van der Waals surface area contributed by atoms with Crippen molar-refractivity contribution in [2.24, 2.45) is 11.8 Å². The number of fused-ring (bicyclic) bond motifs is 1. The third-order valence-corrected chi connectivity index (χ3v) is 6.17. The molecule has 19 heavy (non-hydrogen) atoms. The molecule has 0 bridgehead atoms. The van der Waals surface area contributed by atoms with Crippen molar-refractivity contribution in [2.75, 3.05) is 18.8 Å². The van der Waals surface area contributed by atoms with E-state index in [9.17, 15) is 12.8 Å². The molecular weight excluding hydrogens is 267 g/mol. The Morgan fingerprint density at radius 2 is 1.84 bits per heavy atom. The highest BCUT2D eigenvalue weighted by molar-refractivity contribution is 7.89. The van der Waals surface area contributed by atoms with Gasteiger partial charge >= 0.3 is 0 Å². The molecule has 1 aliphatic carbocycles. The monoisotopic (exact) mass is 284 g/mol. The van der Waals surface area contributed by atoms with Crippen molar-refractivity contribution in [3.8, 4) is 0 Å². The summed E-state index contributed by atoms with van der Waals surface area (Å²) in [4.78, 5) is -0.104. The minimum Gasteiger partial charge on any atom is -0.398 e. The molecule has 2 atom stereocenters. The third-order valence-electron chi connectivity index (χ3n) is 4.29. The lowest BCUT2D eigenvalue weighted by Crippen LogP contribution is -2.30. The van der Waals surface area contributed by atoms with Gasteiger partial charge in [-0.1, -0.05) is 6.42 Å². The van der Waals surface area contributed by atoms with Gasteiger partial charge in [-0.2, -0.15) is 4.31 Å². The fraction of sp³-hybridized carbons (Fsp3) is 0.538. The summed E-state index contributed by atoms with van der Waals surface area (Å²) >= 11 is 0. The number of hydrogen-bond donors (Lipinski definition) is 1. The lowest BCUT2D eigenvalue weighted by Gasteiger charge is -2.18. The zero-order valence-electron chi connectivity index (χ0n) is 10.5. The molecule has 0 radical (unpaired) electrons. The molecule has 0 spiro atoms. The molecule has 2 unspecified atom stereocenters. The van der Waals surface area contributed by atoms with Gasteiger partial charge in [0.1, 0.15) is 10.7 Å². The molecule has 1 aromatic carbocycles. The summed E-state index contributed by atoms with van der Waals surface area (Å²) in [5.41, 5.74) is 5.80. The van der Waals surface area contributed by atoms with Crippen LogP contribution in [-0.4, -0.2) is 25.8 Å². The van der Waals surface area contributed by atoms with Gasteiger partial charge in [-0.3, -0.25) is 0 Å². The molecule has 3 rings (SSSR count). The van der Waals surface area contributed by atoms with Crippen LogP contribution in [0.4, 0.5) is 10.1 Å². The Labute approximate surface area is 112 Å². The number of hydrogen-bond acceptors (Lipinski definition) is 3. The predicted molar refractivity (Wildman–Crippen MR) is 70.4 cm³/mol. The van der Waals surface area contributed by atoms with Crippen LogP contribution in [0.15, 0.2) is 23.1 Å². The molecule has 6 heteroatoms. The number of nitrogens with zero attached hydrogens (tertiary/aromatic N) is 1. The summed E-state index contributed by atoms with van der Waals surface area (Å²) < 4.78 is 39.8. The van der Waals surface area contributed by atoms with Gasteiger partial charge in [-0.05, 0) is 42.9 Å². The average molecular weight is 284 g/mol. The molecule has 1 aliphatic heterocycles. The topological polar surface area (TPSA) is 63.4 Å².